The maximum atomic E-state index is 12.6. The minimum absolute atomic E-state index is 0.405. The first-order chi connectivity index (χ1) is 7.42. The maximum Gasteiger partial charge on any atom is 0.450 e. The fourth-order valence-corrected chi connectivity index (χ4v) is 2.63. The molecule has 1 fully saturated rings. The van der Waals surface area contributed by atoms with E-state index in [0.29, 0.717) is 25.7 Å². The summed E-state index contributed by atoms with van der Waals surface area (Å²) in [6, 6.07) is 0. The lowest BCUT2D eigenvalue weighted by Crippen LogP contribution is -2.42. The SMILES string of the molecule is CCCCC1(C(=O)C(F)(F)F)CCCCC1. The minimum Gasteiger partial charge on any atom is -0.289 e. The molecule has 1 nitrogen and oxygen atoms in total. The molecule has 0 atom stereocenters. The van der Waals surface area contributed by atoms with Gasteiger partial charge in [0, 0.05) is 5.41 Å². The van der Waals surface area contributed by atoms with Crippen LogP contribution in [-0.2, 0) is 4.79 Å². The normalized spacial score (nSPS) is 20.8. The molecule has 0 N–H and O–H groups in total. The van der Waals surface area contributed by atoms with E-state index in [-0.39, 0.29) is 0 Å². The number of Topliss-reactive ketones (excluding diaryl/α,β-unsaturated/α-hetero) is 1. The van der Waals surface area contributed by atoms with Gasteiger partial charge < -0.3 is 0 Å². The summed E-state index contributed by atoms with van der Waals surface area (Å²) in [5.74, 6) is -1.48. The number of hydrogen-bond acceptors (Lipinski definition) is 1. The van der Waals surface area contributed by atoms with Crippen LogP contribution in [0.3, 0.4) is 0 Å². The Labute approximate surface area is 94.4 Å². The molecule has 0 aromatic heterocycles. The van der Waals surface area contributed by atoms with Crippen molar-refractivity contribution in [3.8, 4) is 0 Å². The summed E-state index contributed by atoms with van der Waals surface area (Å²) in [7, 11) is 0. The fraction of sp³-hybridized carbons (Fsp3) is 0.917. The van der Waals surface area contributed by atoms with E-state index in [1.807, 2.05) is 6.92 Å². The molecule has 0 aromatic rings. The predicted octanol–water partition coefficient (Wildman–Crippen LogP) is 4.26. The van der Waals surface area contributed by atoms with Gasteiger partial charge in [-0.05, 0) is 19.3 Å². The second kappa shape index (κ2) is 5.19. The van der Waals surface area contributed by atoms with Crippen LogP contribution in [0.1, 0.15) is 58.3 Å². The zero-order chi connectivity index (χ0) is 12.2. The van der Waals surface area contributed by atoms with Crippen molar-refractivity contribution in [1.29, 1.82) is 0 Å². The number of hydrogen-bond donors (Lipinski definition) is 0. The molecule has 1 aliphatic rings. The van der Waals surface area contributed by atoms with Gasteiger partial charge in [0.15, 0.2) is 0 Å². The third-order valence-electron chi connectivity index (χ3n) is 3.56. The van der Waals surface area contributed by atoms with E-state index < -0.39 is 17.4 Å². The van der Waals surface area contributed by atoms with Gasteiger partial charge in [-0.2, -0.15) is 13.2 Å². The number of halogens is 3. The van der Waals surface area contributed by atoms with Gasteiger partial charge in [0.2, 0.25) is 5.78 Å². The van der Waals surface area contributed by atoms with Crippen LogP contribution in [0, 0.1) is 5.41 Å². The van der Waals surface area contributed by atoms with E-state index in [1.54, 1.807) is 0 Å². The summed E-state index contributed by atoms with van der Waals surface area (Å²) in [6.07, 6.45) is 0.606. The second-order valence-electron chi connectivity index (χ2n) is 4.77. The monoisotopic (exact) mass is 236 g/mol. The Balaban J connectivity index is 2.81. The topological polar surface area (TPSA) is 17.1 Å². The smallest absolute Gasteiger partial charge is 0.289 e. The highest BCUT2D eigenvalue weighted by Crippen LogP contribution is 2.45. The first kappa shape index (κ1) is 13.5. The summed E-state index contributed by atoms with van der Waals surface area (Å²) in [6.45, 7) is 1.94. The van der Waals surface area contributed by atoms with E-state index in [0.717, 1.165) is 25.7 Å². The number of unbranched alkanes of at least 4 members (excludes halogenated alkanes) is 1. The van der Waals surface area contributed by atoms with Gasteiger partial charge in [0.25, 0.3) is 0 Å². The molecule has 0 radical (unpaired) electrons. The van der Waals surface area contributed by atoms with Crippen LogP contribution >= 0.6 is 0 Å². The zero-order valence-electron chi connectivity index (χ0n) is 9.70. The Kier molecular flexibility index (Phi) is 4.39. The van der Waals surface area contributed by atoms with Gasteiger partial charge in [-0.3, -0.25) is 4.79 Å². The lowest BCUT2D eigenvalue weighted by molar-refractivity contribution is -0.184. The first-order valence-corrected chi connectivity index (χ1v) is 6.04. The van der Waals surface area contributed by atoms with Crippen LogP contribution in [0.4, 0.5) is 13.2 Å². The van der Waals surface area contributed by atoms with Crippen LogP contribution in [-0.4, -0.2) is 12.0 Å². The average Bonchev–Trinajstić information content (AvgIpc) is 2.25. The Bertz CT molecular complexity index is 239. The van der Waals surface area contributed by atoms with Gasteiger partial charge in [-0.25, -0.2) is 0 Å². The van der Waals surface area contributed by atoms with Gasteiger partial charge in [-0.1, -0.05) is 39.0 Å². The van der Waals surface area contributed by atoms with Gasteiger partial charge in [0.1, 0.15) is 0 Å². The molecule has 0 bridgehead atoms. The number of rotatable bonds is 4. The molecular formula is C12H19F3O. The van der Waals surface area contributed by atoms with E-state index in [4.69, 9.17) is 0 Å². The van der Waals surface area contributed by atoms with Crippen LogP contribution in [0.15, 0.2) is 0 Å². The predicted molar refractivity (Wildman–Crippen MR) is 56.1 cm³/mol. The van der Waals surface area contributed by atoms with E-state index >= 15 is 0 Å². The Hall–Kier alpha value is -0.540. The molecule has 1 rings (SSSR count). The highest BCUT2D eigenvalue weighted by Gasteiger charge is 2.52. The molecule has 0 heterocycles. The van der Waals surface area contributed by atoms with Crippen molar-refractivity contribution in [1.82, 2.24) is 0 Å². The number of alkyl halides is 3. The van der Waals surface area contributed by atoms with E-state index in [1.165, 1.54) is 0 Å². The first-order valence-electron chi connectivity index (χ1n) is 6.04. The Morgan fingerprint density at radius 2 is 1.75 bits per heavy atom. The molecule has 0 saturated heterocycles. The largest absolute Gasteiger partial charge is 0.450 e. The molecular weight excluding hydrogens is 217 g/mol. The van der Waals surface area contributed by atoms with E-state index in [2.05, 4.69) is 0 Å². The van der Waals surface area contributed by atoms with Crippen LogP contribution in [0.25, 0.3) is 0 Å². The number of carbonyl (C=O) groups excluding carboxylic acids is 1. The molecule has 1 aliphatic carbocycles. The van der Waals surface area contributed by atoms with Crippen molar-refractivity contribution >= 4 is 5.78 Å². The van der Waals surface area contributed by atoms with Crippen molar-refractivity contribution in [2.75, 3.05) is 0 Å². The third kappa shape index (κ3) is 2.98. The fourth-order valence-electron chi connectivity index (χ4n) is 2.63. The van der Waals surface area contributed by atoms with E-state index in [9.17, 15) is 18.0 Å². The molecule has 16 heavy (non-hydrogen) atoms. The number of ketones is 1. The molecule has 94 valence electrons. The van der Waals surface area contributed by atoms with Crippen LogP contribution in [0.2, 0.25) is 0 Å². The molecule has 0 amide bonds. The zero-order valence-corrected chi connectivity index (χ0v) is 9.70. The molecule has 0 unspecified atom stereocenters. The van der Waals surface area contributed by atoms with Crippen molar-refractivity contribution in [3.63, 3.8) is 0 Å². The van der Waals surface area contributed by atoms with Crippen LogP contribution in [0.5, 0.6) is 0 Å². The van der Waals surface area contributed by atoms with Crippen molar-refractivity contribution in [2.24, 2.45) is 5.41 Å². The number of carbonyl (C=O) groups is 1. The summed E-state index contributed by atoms with van der Waals surface area (Å²) in [4.78, 5) is 11.5. The van der Waals surface area contributed by atoms with Gasteiger partial charge in [-0.15, -0.1) is 0 Å². The lowest BCUT2D eigenvalue weighted by atomic mass is 9.68. The Morgan fingerprint density at radius 3 is 2.19 bits per heavy atom. The molecule has 0 spiro atoms. The van der Waals surface area contributed by atoms with Crippen molar-refractivity contribution < 1.29 is 18.0 Å². The third-order valence-corrected chi connectivity index (χ3v) is 3.56. The van der Waals surface area contributed by atoms with Gasteiger partial charge >= 0.3 is 6.18 Å². The molecule has 4 heteroatoms. The summed E-state index contributed by atoms with van der Waals surface area (Å²) >= 11 is 0. The molecule has 0 aliphatic heterocycles. The van der Waals surface area contributed by atoms with Crippen molar-refractivity contribution in [3.05, 3.63) is 0 Å². The lowest BCUT2D eigenvalue weighted by Gasteiger charge is -2.36. The second-order valence-corrected chi connectivity index (χ2v) is 4.77. The molecule has 1 saturated carbocycles. The minimum atomic E-state index is -4.66. The highest BCUT2D eigenvalue weighted by atomic mass is 19.4. The summed E-state index contributed by atoms with van der Waals surface area (Å²) < 4.78 is 37.7. The summed E-state index contributed by atoms with van der Waals surface area (Å²) in [5, 5.41) is 0. The highest BCUT2D eigenvalue weighted by molar-refractivity contribution is 5.89. The quantitative estimate of drug-likeness (QED) is 0.712. The average molecular weight is 236 g/mol. The summed E-state index contributed by atoms with van der Waals surface area (Å²) in [5.41, 5.74) is -1.09. The molecule has 0 aromatic carbocycles. The van der Waals surface area contributed by atoms with Gasteiger partial charge in [0.05, 0.1) is 0 Å². The van der Waals surface area contributed by atoms with Crippen LogP contribution < -0.4 is 0 Å². The standard InChI is InChI=1S/C12H19F3O/c1-2-3-7-11(8-5-4-6-9-11)10(16)12(13,14)15/h2-9H2,1H3. The Morgan fingerprint density at radius 1 is 1.19 bits per heavy atom. The van der Waals surface area contributed by atoms with Crippen molar-refractivity contribution in [2.45, 2.75) is 64.5 Å². The maximum absolute atomic E-state index is 12.6.